The zero-order valence-electron chi connectivity index (χ0n) is 12.8. The minimum absolute atomic E-state index is 0.0885. The van der Waals surface area contributed by atoms with Crippen LogP contribution in [0.15, 0.2) is 12.4 Å². The summed E-state index contributed by atoms with van der Waals surface area (Å²) in [7, 11) is 3.53. The Morgan fingerprint density at radius 2 is 1.91 bits per heavy atom. The first-order chi connectivity index (χ1) is 10.6. The van der Waals surface area contributed by atoms with Crippen molar-refractivity contribution in [1.29, 1.82) is 0 Å². The fourth-order valence-electron chi connectivity index (χ4n) is 2.90. The molecule has 1 atom stereocenters. The van der Waals surface area contributed by atoms with Crippen molar-refractivity contribution in [3.8, 4) is 0 Å². The van der Waals surface area contributed by atoms with E-state index < -0.39 is 0 Å². The third-order valence-electron chi connectivity index (χ3n) is 4.28. The van der Waals surface area contributed by atoms with E-state index in [1.165, 1.54) is 12.4 Å². The predicted molar refractivity (Wildman–Crippen MR) is 80.5 cm³/mol. The number of amides is 2. The zero-order valence-corrected chi connectivity index (χ0v) is 12.8. The Balaban J connectivity index is 1.72. The van der Waals surface area contributed by atoms with Crippen molar-refractivity contribution in [2.75, 3.05) is 52.1 Å². The molecule has 1 N–H and O–H groups in total. The van der Waals surface area contributed by atoms with Crippen molar-refractivity contribution in [1.82, 2.24) is 24.7 Å². The Morgan fingerprint density at radius 1 is 1.23 bits per heavy atom. The summed E-state index contributed by atoms with van der Waals surface area (Å²) < 4.78 is 0. The van der Waals surface area contributed by atoms with Gasteiger partial charge in [0.05, 0.1) is 5.56 Å². The van der Waals surface area contributed by atoms with Crippen molar-refractivity contribution < 1.29 is 9.59 Å². The lowest BCUT2D eigenvalue weighted by Gasteiger charge is -2.45. The van der Waals surface area contributed by atoms with E-state index >= 15 is 0 Å². The lowest BCUT2D eigenvalue weighted by Crippen LogP contribution is -2.64. The standard InChI is InChI=1S/C14H20N6O2/c1-15-14-16-7-10(8-17-14)12(21)20-6-5-19-4-3-18(2)13(22)11(19)9-20/h7-8,11H,3-6,9H2,1-2H3,(H,15,16,17). The van der Waals surface area contributed by atoms with Crippen molar-refractivity contribution in [2.45, 2.75) is 6.04 Å². The molecule has 2 fully saturated rings. The molecule has 0 spiro atoms. The van der Waals surface area contributed by atoms with Crippen molar-refractivity contribution in [3.05, 3.63) is 18.0 Å². The summed E-state index contributed by atoms with van der Waals surface area (Å²) in [6, 6.07) is -0.228. The van der Waals surface area contributed by atoms with Crippen LogP contribution in [0.25, 0.3) is 0 Å². The highest BCUT2D eigenvalue weighted by molar-refractivity contribution is 5.94. The molecule has 2 aliphatic rings. The van der Waals surface area contributed by atoms with Crippen LogP contribution in [0, 0.1) is 0 Å². The predicted octanol–water partition coefficient (Wildman–Crippen LogP) is -0.883. The van der Waals surface area contributed by atoms with Crippen molar-refractivity contribution in [3.63, 3.8) is 0 Å². The summed E-state index contributed by atoms with van der Waals surface area (Å²) >= 11 is 0. The molecular weight excluding hydrogens is 284 g/mol. The molecule has 0 saturated carbocycles. The molecular formula is C14H20N6O2. The molecule has 118 valence electrons. The third kappa shape index (κ3) is 2.61. The zero-order chi connectivity index (χ0) is 15.7. The van der Waals surface area contributed by atoms with Crippen LogP contribution < -0.4 is 5.32 Å². The van der Waals surface area contributed by atoms with Crippen LogP contribution in [-0.2, 0) is 4.79 Å². The lowest BCUT2D eigenvalue weighted by molar-refractivity contribution is -0.142. The van der Waals surface area contributed by atoms with Gasteiger partial charge in [0.15, 0.2) is 0 Å². The molecule has 8 nitrogen and oxygen atoms in total. The molecule has 3 heterocycles. The van der Waals surface area contributed by atoms with E-state index in [4.69, 9.17) is 0 Å². The third-order valence-corrected chi connectivity index (χ3v) is 4.28. The Kier molecular flexibility index (Phi) is 3.93. The number of anilines is 1. The van der Waals surface area contributed by atoms with Crippen molar-refractivity contribution in [2.24, 2.45) is 0 Å². The van der Waals surface area contributed by atoms with Gasteiger partial charge in [-0.1, -0.05) is 0 Å². The molecule has 1 aromatic heterocycles. The summed E-state index contributed by atoms with van der Waals surface area (Å²) in [5, 5.41) is 2.82. The van der Waals surface area contributed by atoms with Gasteiger partial charge in [-0.2, -0.15) is 0 Å². The molecule has 1 aromatic rings. The number of rotatable bonds is 2. The summed E-state index contributed by atoms with van der Waals surface area (Å²) in [5.41, 5.74) is 0.448. The molecule has 0 radical (unpaired) electrons. The molecule has 0 aromatic carbocycles. The van der Waals surface area contributed by atoms with Crippen LogP contribution in [0.3, 0.4) is 0 Å². The lowest BCUT2D eigenvalue weighted by atomic mass is 10.1. The molecule has 2 amide bonds. The Labute approximate surface area is 129 Å². The number of carbonyl (C=O) groups excluding carboxylic acids is 2. The number of likely N-dealkylation sites (N-methyl/N-ethyl adjacent to an activating group) is 1. The van der Waals surface area contributed by atoms with Gasteiger partial charge >= 0.3 is 0 Å². The molecule has 2 saturated heterocycles. The number of piperazine rings is 2. The van der Waals surface area contributed by atoms with Gasteiger partial charge in [-0.25, -0.2) is 9.97 Å². The van der Waals surface area contributed by atoms with E-state index in [1.54, 1.807) is 16.8 Å². The van der Waals surface area contributed by atoms with Crippen LogP contribution in [0.4, 0.5) is 5.95 Å². The van der Waals surface area contributed by atoms with E-state index in [9.17, 15) is 9.59 Å². The maximum atomic E-state index is 12.5. The van der Waals surface area contributed by atoms with Crippen LogP contribution in [0.5, 0.6) is 0 Å². The summed E-state index contributed by atoms with van der Waals surface area (Å²) in [6.45, 7) is 3.40. The van der Waals surface area contributed by atoms with Gasteiger partial charge in [-0.05, 0) is 0 Å². The van der Waals surface area contributed by atoms with Crippen LogP contribution in [0.1, 0.15) is 10.4 Å². The first-order valence-corrected chi connectivity index (χ1v) is 7.38. The van der Waals surface area contributed by atoms with Gasteiger partial charge in [0.1, 0.15) is 6.04 Å². The van der Waals surface area contributed by atoms with Crippen LogP contribution in [0.2, 0.25) is 0 Å². The number of nitrogens with one attached hydrogen (secondary N) is 1. The fourth-order valence-corrected chi connectivity index (χ4v) is 2.90. The van der Waals surface area contributed by atoms with E-state index in [0.29, 0.717) is 24.6 Å². The van der Waals surface area contributed by atoms with Crippen LogP contribution in [-0.4, -0.2) is 89.3 Å². The maximum Gasteiger partial charge on any atom is 0.257 e. The van der Waals surface area contributed by atoms with Gasteiger partial charge in [0.25, 0.3) is 5.91 Å². The van der Waals surface area contributed by atoms with Gasteiger partial charge < -0.3 is 15.1 Å². The molecule has 0 bridgehead atoms. The number of hydrogen-bond acceptors (Lipinski definition) is 6. The fraction of sp³-hybridized carbons (Fsp3) is 0.571. The number of carbonyl (C=O) groups is 2. The quantitative estimate of drug-likeness (QED) is 0.764. The van der Waals surface area contributed by atoms with Crippen molar-refractivity contribution >= 4 is 17.8 Å². The van der Waals surface area contributed by atoms with Gasteiger partial charge in [0, 0.05) is 59.2 Å². The molecule has 22 heavy (non-hydrogen) atoms. The largest absolute Gasteiger partial charge is 0.357 e. The van der Waals surface area contributed by atoms with Gasteiger partial charge in [-0.3, -0.25) is 14.5 Å². The summed E-state index contributed by atoms with van der Waals surface area (Å²) in [4.78, 5) is 38.6. The minimum atomic E-state index is -0.228. The minimum Gasteiger partial charge on any atom is -0.357 e. The first kappa shape index (κ1) is 14.7. The Morgan fingerprint density at radius 3 is 2.59 bits per heavy atom. The molecule has 3 rings (SSSR count). The Bertz CT molecular complexity index is 575. The smallest absolute Gasteiger partial charge is 0.257 e. The first-order valence-electron chi connectivity index (χ1n) is 7.38. The second-order valence-electron chi connectivity index (χ2n) is 5.61. The number of fused-ring (bicyclic) bond motifs is 1. The number of nitrogens with zero attached hydrogens (tertiary/aromatic N) is 5. The normalized spacial score (nSPS) is 22.5. The SMILES string of the molecule is CNc1ncc(C(=O)N2CCN3CCN(C)C(=O)C3C2)cn1. The number of hydrogen-bond donors (Lipinski definition) is 1. The van der Waals surface area contributed by atoms with E-state index in [-0.39, 0.29) is 17.9 Å². The summed E-state index contributed by atoms with van der Waals surface area (Å²) in [6.07, 6.45) is 3.03. The summed E-state index contributed by atoms with van der Waals surface area (Å²) in [5.74, 6) is 0.444. The molecule has 0 aliphatic carbocycles. The monoisotopic (exact) mass is 304 g/mol. The average Bonchev–Trinajstić information content (AvgIpc) is 2.57. The van der Waals surface area contributed by atoms with Gasteiger partial charge in [-0.15, -0.1) is 0 Å². The van der Waals surface area contributed by atoms with Gasteiger partial charge in [0.2, 0.25) is 11.9 Å². The van der Waals surface area contributed by atoms with E-state index in [0.717, 1.165) is 19.6 Å². The molecule has 1 unspecified atom stereocenters. The average molecular weight is 304 g/mol. The number of aromatic nitrogens is 2. The Hall–Kier alpha value is -2.22. The van der Waals surface area contributed by atoms with Crippen LogP contribution >= 0.6 is 0 Å². The highest BCUT2D eigenvalue weighted by atomic mass is 16.2. The molecule has 8 heteroatoms. The second-order valence-corrected chi connectivity index (χ2v) is 5.61. The maximum absolute atomic E-state index is 12.5. The van der Waals surface area contributed by atoms with E-state index in [2.05, 4.69) is 20.2 Å². The highest BCUT2D eigenvalue weighted by Crippen LogP contribution is 2.17. The van der Waals surface area contributed by atoms with E-state index in [1.807, 2.05) is 7.05 Å². The highest BCUT2D eigenvalue weighted by Gasteiger charge is 2.38. The topological polar surface area (TPSA) is 81.7 Å². The second kappa shape index (κ2) is 5.88. The molecule has 2 aliphatic heterocycles.